The molecule has 0 bridgehead atoms. The molecule has 5 aliphatic rings. The molecule has 5 aliphatic carbocycles. The van der Waals surface area contributed by atoms with Crippen LogP contribution in [0.3, 0.4) is 0 Å². The predicted molar refractivity (Wildman–Crippen MR) is 173 cm³/mol. The van der Waals surface area contributed by atoms with E-state index >= 15 is 0 Å². The topological polar surface area (TPSA) is 69.7 Å². The van der Waals surface area contributed by atoms with Crippen molar-refractivity contribution in [3.63, 3.8) is 0 Å². The average molecular weight is 631 g/mol. The first-order chi connectivity index (χ1) is 20.2. The summed E-state index contributed by atoms with van der Waals surface area (Å²) in [6, 6.07) is 7.72. The van der Waals surface area contributed by atoms with Gasteiger partial charge in [0.05, 0.1) is 23.2 Å². The van der Waals surface area contributed by atoms with Crippen molar-refractivity contribution in [1.82, 2.24) is 0 Å². The van der Waals surface area contributed by atoms with Crippen LogP contribution in [-0.4, -0.2) is 38.2 Å². The van der Waals surface area contributed by atoms with Crippen LogP contribution < -0.4 is 0 Å². The first-order valence-corrected chi connectivity index (χ1v) is 19.7. The fourth-order valence-corrected chi connectivity index (χ4v) is 13.9. The molecule has 1 aromatic rings. The Morgan fingerprint density at radius 3 is 2.33 bits per heavy atom. The molecule has 12 atom stereocenters. The van der Waals surface area contributed by atoms with Crippen molar-refractivity contribution in [1.29, 1.82) is 0 Å². The molecule has 43 heavy (non-hydrogen) atoms. The Morgan fingerprint density at radius 1 is 1.02 bits per heavy atom. The maximum absolute atomic E-state index is 14.2. The second-order valence-electron chi connectivity index (χ2n) is 15.9. The van der Waals surface area contributed by atoms with Gasteiger partial charge in [-0.3, -0.25) is 4.18 Å². The molecule has 5 fully saturated rings. The molecule has 1 aromatic carbocycles. The maximum atomic E-state index is 14.2. The predicted octanol–water partition coefficient (Wildman–Crippen LogP) is 7.91. The lowest BCUT2D eigenvalue weighted by Gasteiger charge is -2.61. The summed E-state index contributed by atoms with van der Waals surface area (Å²) in [6.45, 7) is 13.4. The third kappa shape index (κ3) is 5.06. The highest BCUT2D eigenvalue weighted by atomic mass is 32.2. The van der Waals surface area contributed by atoms with E-state index in [0.29, 0.717) is 38.6 Å². The lowest BCUT2D eigenvalue weighted by Crippen LogP contribution is -2.57. The molecule has 0 saturated heterocycles. The summed E-state index contributed by atoms with van der Waals surface area (Å²) in [6.07, 6.45) is 12.6. The van der Waals surface area contributed by atoms with Crippen LogP contribution in [0.15, 0.2) is 40.1 Å². The second kappa shape index (κ2) is 11.1. The van der Waals surface area contributed by atoms with Gasteiger partial charge < -0.3 is 4.74 Å². The number of methoxy groups -OCH3 is 1. The van der Waals surface area contributed by atoms with Gasteiger partial charge in [-0.25, -0.2) is 4.21 Å². The van der Waals surface area contributed by atoms with Crippen LogP contribution in [-0.2, 0) is 29.8 Å². The molecule has 0 amide bonds. The van der Waals surface area contributed by atoms with Crippen molar-refractivity contribution in [2.45, 2.75) is 110 Å². The molecular weight excluding hydrogens is 577 g/mol. The van der Waals surface area contributed by atoms with Gasteiger partial charge in [0, 0.05) is 22.3 Å². The van der Waals surface area contributed by atoms with Crippen molar-refractivity contribution in [2.75, 3.05) is 13.4 Å². The van der Waals surface area contributed by atoms with Crippen LogP contribution in [0, 0.1) is 64.6 Å². The fourth-order valence-electron chi connectivity index (χ4n) is 11.7. The largest absolute Gasteiger partial charge is 0.381 e. The summed E-state index contributed by atoms with van der Waals surface area (Å²) in [7, 11) is -3.37. The second-order valence-corrected chi connectivity index (χ2v) is 19.0. The number of fused-ring (bicyclic) bond motifs is 4. The van der Waals surface area contributed by atoms with Gasteiger partial charge in [0.1, 0.15) is 6.10 Å². The first kappa shape index (κ1) is 31.9. The van der Waals surface area contributed by atoms with Crippen molar-refractivity contribution >= 4 is 20.9 Å². The third-order valence-corrected chi connectivity index (χ3v) is 15.6. The van der Waals surface area contributed by atoms with Gasteiger partial charge >= 0.3 is 0 Å². The summed E-state index contributed by atoms with van der Waals surface area (Å²) < 4.78 is 52.1. The summed E-state index contributed by atoms with van der Waals surface area (Å²) in [5.74, 6) is 3.17. The average Bonchev–Trinajstić information content (AvgIpc) is 3.45. The molecule has 0 heterocycles. The molecule has 1 spiro atoms. The first-order valence-electron chi connectivity index (χ1n) is 16.8. The molecular formula is C36H54O5S2. The monoisotopic (exact) mass is 630 g/mol. The number of allylic oxidation sites excluding steroid dienone is 1. The molecule has 6 rings (SSSR count). The highest BCUT2D eigenvalue weighted by Crippen LogP contribution is 2.82. The molecule has 0 N–H and O–H groups in total. The van der Waals surface area contributed by atoms with E-state index in [4.69, 9.17) is 8.92 Å². The normalized spacial score (nSPS) is 42.5. The highest BCUT2D eigenvalue weighted by Gasteiger charge is 2.77. The summed E-state index contributed by atoms with van der Waals surface area (Å²) in [5, 5.41) is 0. The van der Waals surface area contributed by atoms with Gasteiger partial charge in [-0.05, 0) is 123 Å². The molecule has 5 nitrogen and oxygen atoms in total. The summed E-state index contributed by atoms with van der Waals surface area (Å²) in [4.78, 5) is 1.28. The summed E-state index contributed by atoms with van der Waals surface area (Å²) >= 11 is 0. The summed E-state index contributed by atoms with van der Waals surface area (Å²) in [5.41, 5.74) is 1.98. The molecule has 0 radical (unpaired) electrons. The van der Waals surface area contributed by atoms with Crippen LogP contribution in [0.5, 0.6) is 0 Å². The van der Waals surface area contributed by atoms with Crippen LogP contribution in [0.4, 0.5) is 0 Å². The minimum Gasteiger partial charge on any atom is -0.381 e. The van der Waals surface area contributed by atoms with E-state index in [9.17, 15) is 12.6 Å². The maximum Gasteiger partial charge on any atom is 0.265 e. The number of aryl methyl sites for hydroxylation is 1. The van der Waals surface area contributed by atoms with E-state index < -0.39 is 27.0 Å². The minimum absolute atomic E-state index is 0.0920. The van der Waals surface area contributed by atoms with E-state index in [2.05, 4.69) is 34.6 Å². The van der Waals surface area contributed by atoms with Gasteiger partial charge in [-0.15, -0.1) is 0 Å². The Bertz CT molecular complexity index is 1380. The van der Waals surface area contributed by atoms with Gasteiger partial charge in [-0.1, -0.05) is 58.4 Å². The zero-order valence-electron chi connectivity index (χ0n) is 27.6. The van der Waals surface area contributed by atoms with Crippen LogP contribution >= 0.6 is 0 Å². The van der Waals surface area contributed by atoms with Crippen molar-refractivity contribution in [2.24, 2.45) is 57.7 Å². The Balaban J connectivity index is 1.33. The number of ether oxygens (including phenoxy) is 1. The van der Waals surface area contributed by atoms with E-state index in [0.717, 1.165) is 30.1 Å². The quantitative estimate of drug-likeness (QED) is 0.260. The van der Waals surface area contributed by atoms with E-state index in [1.807, 2.05) is 44.4 Å². The molecule has 0 aliphatic heterocycles. The zero-order chi connectivity index (χ0) is 31.1. The smallest absolute Gasteiger partial charge is 0.265 e. The SMILES string of the molecule is CO[C@@H]1C[C@H]2[C@@H]3CC[C@H]([C@H](C)[C@@H](OS(C)(=O)=O)/C(=C\C(C)C)[S@](=O)c4ccc(C)cc4)[C@@]3(C)CC[C@@H]2[C@@]2(C)CC[C@@H]3C[C@]312. The molecule has 7 heteroatoms. The number of benzene rings is 1. The van der Waals surface area contributed by atoms with Crippen molar-refractivity contribution in [3.05, 3.63) is 40.8 Å². The fraction of sp³-hybridized carbons (Fsp3) is 0.778. The van der Waals surface area contributed by atoms with Gasteiger partial charge in [0.25, 0.3) is 10.1 Å². The third-order valence-electron chi connectivity index (χ3n) is 13.5. The van der Waals surface area contributed by atoms with Crippen LogP contribution in [0.1, 0.15) is 91.5 Å². The van der Waals surface area contributed by atoms with E-state index in [1.165, 1.54) is 44.9 Å². The lowest BCUT2D eigenvalue weighted by atomic mass is 9.45. The zero-order valence-corrected chi connectivity index (χ0v) is 29.2. The molecule has 5 saturated carbocycles. The van der Waals surface area contributed by atoms with Crippen molar-refractivity contribution < 1.29 is 21.5 Å². The lowest BCUT2D eigenvalue weighted by molar-refractivity contribution is -0.162. The Morgan fingerprint density at radius 2 is 1.72 bits per heavy atom. The number of hydrogen-bond donors (Lipinski definition) is 0. The van der Waals surface area contributed by atoms with E-state index in [-0.39, 0.29) is 23.2 Å². The molecule has 0 unspecified atom stereocenters. The Kier molecular flexibility index (Phi) is 8.21. The number of rotatable bonds is 9. The minimum atomic E-state index is -3.79. The molecule has 240 valence electrons. The van der Waals surface area contributed by atoms with Crippen molar-refractivity contribution in [3.8, 4) is 0 Å². The standard InChI is InChI=1S/C36H54O5S2/c1-22(2)19-31(42(37)26-11-9-23(3)10-12-26)33(41-43(8,38)39)24(4)28-13-14-29-27-20-32(40-7)36-21-25(36)15-18-35(36,6)30(27)16-17-34(28,29)5/h9-12,19,22,24-25,27-30,32-33H,13-18,20-21H2,1-8H3/b31-19+/t24-,25+,27-,28+,29-,30-,32+,33+,34+,35+,36-,42+/m0/s1. The number of hydrogen-bond acceptors (Lipinski definition) is 5. The van der Waals surface area contributed by atoms with Gasteiger partial charge in [0.2, 0.25) is 0 Å². The van der Waals surface area contributed by atoms with Gasteiger partial charge in [0.15, 0.2) is 0 Å². The Hall–Kier alpha value is -1.02. The Labute approximate surface area is 263 Å². The molecule has 0 aromatic heterocycles. The highest BCUT2D eigenvalue weighted by molar-refractivity contribution is 7.89. The van der Waals surface area contributed by atoms with Gasteiger partial charge in [-0.2, -0.15) is 8.42 Å². The van der Waals surface area contributed by atoms with Crippen LogP contribution in [0.25, 0.3) is 0 Å². The van der Waals surface area contributed by atoms with Crippen LogP contribution in [0.2, 0.25) is 0 Å². The van der Waals surface area contributed by atoms with E-state index in [1.54, 1.807) is 0 Å².